The summed E-state index contributed by atoms with van der Waals surface area (Å²) in [5, 5.41) is 2.15. The van der Waals surface area contributed by atoms with E-state index in [9.17, 15) is 9.59 Å². The normalized spacial score (nSPS) is 14.6. The zero-order chi connectivity index (χ0) is 27.8. The van der Waals surface area contributed by atoms with Gasteiger partial charge in [0.05, 0.1) is 12.7 Å². The standard InChI is InChI=1S/C33H39NO5/c1-33(2,3)39-32(36)34(28-13-6-5-7-14-28)22-25(21-24-17-19-27(20-18-24)31(35)37-4)23-38-30-16-10-12-26-11-8-9-15-29(26)30/h8-12,15-21,28H,5-7,13-14,22-23H2,1-4H3. The second kappa shape index (κ2) is 12.8. The topological polar surface area (TPSA) is 65.1 Å². The first-order chi connectivity index (χ1) is 18.7. The molecule has 0 saturated heterocycles. The zero-order valence-corrected chi connectivity index (χ0v) is 23.4. The number of carbonyl (C=O) groups excluding carboxylic acids is 2. The summed E-state index contributed by atoms with van der Waals surface area (Å²) in [6, 6.07) is 21.5. The Morgan fingerprint density at radius 1 is 0.923 bits per heavy atom. The van der Waals surface area contributed by atoms with Crippen LogP contribution in [0.3, 0.4) is 0 Å². The van der Waals surface area contributed by atoms with Crippen molar-refractivity contribution in [1.82, 2.24) is 4.90 Å². The number of fused-ring (bicyclic) bond motifs is 1. The molecule has 1 aliphatic carbocycles. The van der Waals surface area contributed by atoms with E-state index in [1.807, 2.05) is 68.1 Å². The van der Waals surface area contributed by atoms with Gasteiger partial charge in [0.15, 0.2) is 0 Å². The molecule has 0 unspecified atom stereocenters. The van der Waals surface area contributed by atoms with Gasteiger partial charge in [-0.1, -0.05) is 73.9 Å². The van der Waals surface area contributed by atoms with Gasteiger partial charge in [0.25, 0.3) is 0 Å². The van der Waals surface area contributed by atoms with Crippen molar-refractivity contribution in [1.29, 1.82) is 0 Å². The molecule has 4 rings (SSSR count). The zero-order valence-electron chi connectivity index (χ0n) is 23.4. The van der Waals surface area contributed by atoms with Gasteiger partial charge in [0.2, 0.25) is 0 Å². The summed E-state index contributed by atoms with van der Waals surface area (Å²) in [6.45, 7) is 6.38. The van der Waals surface area contributed by atoms with Crippen LogP contribution in [0.4, 0.5) is 4.79 Å². The van der Waals surface area contributed by atoms with Crippen molar-refractivity contribution in [2.75, 3.05) is 20.3 Å². The van der Waals surface area contributed by atoms with Crippen molar-refractivity contribution in [2.45, 2.75) is 64.5 Å². The summed E-state index contributed by atoms with van der Waals surface area (Å²) in [6.07, 6.45) is 7.06. The number of hydrogen-bond donors (Lipinski definition) is 0. The molecular formula is C33H39NO5. The summed E-state index contributed by atoms with van der Waals surface area (Å²) in [5.41, 5.74) is 1.75. The Balaban J connectivity index is 1.64. The van der Waals surface area contributed by atoms with Crippen LogP contribution in [0.1, 0.15) is 68.8 Å². The van der Waals surface area contributed by atoms with Gasteiger partial charge in [0, 0.05) is 18.0 Å². The summed E-state index contributed by atoms with van der Waals surface area (Å²) in [7, 11) is 1.37. The van der Waals surface area contributed by atoms with Gasteiger partial charge in [-0.3, -0.25) is 0 Å². The Labute approximate surface area is 231 Å². The van der Waals surface area contributed by atoms with Crippen molar-refractivity contribution >= 4 is 28.9 Å². The number of esters is 1. The second-order valence-electron chi connectivity index (χ2n) is 11.1. The summed E-state index contributed by atoms with van der Waals surface area (Å²) in [5.74, 6) is 0.417. The largest absolute Gasteiger partial charge is 0.489 e. The molecule has 0 atom stereocenters. The molecule has 0 radical (unpaired) electrons. The highest BCUT2D eigenvalue weighted by Crippen LogP contribution is 2.28. The SMILES string of the molecule is COC(=O)c1ccc(C=C(COc2cccc3ccccc23)CN(C(=O)OC(C)(C)C)C2CCCCC2)cc1. The number of carbonyl (C=O) groups is 2. The summed E-state index contributed by atoms with van der Waals surface area (Å²) >= 11 is 0. The molecule has 3 aromatic carbocycles. The molecular weight excluding hydrogens is 490 g/mol. The van der Waals surface area contributed by atoms with E-state index >= 15 is 0 Å². The van der Waals surface area contributed by atoms with E-state index in [4.69, 9.17) is 14.2 Å². The maximum Gasteiger partial charge on any atom is 0.410 e. The molecule has 0 spiro atoms. The van der Waals surface area contributed by atoms with Crippen molar-refractivity contribution in [3.05, 3.63) is 83.4 Å². The lowest BCUT2D eigenvalue weighted by molar-refractivity contribution is 0.0141. The fraction of sp³-hybridized carbons (Fsp3) is 0.394. The second-order valence-corrected chi connectivity index (χ2v) is 11.1. The van der Waals surface area contributed by atoms with Crippen molar-refractivity contribution < 1.29 is 23.8 Å². The molecule has 3 aromatic rings. The van der Waals surface area contributed by atoms with E-state index in [0.717, 1.165) is 53.3 Å². The molecule has 1 saturated carbocycles. The minimum atomic E-state index is -0.586. The lowest BCUT2D eigenvalue weighted by Gasteiger charge is -2.36. The fourth-order valence-corrected chi connectivity index (χ4v) is 4.97. The first-order valence-electron chi connectivity index (χ1n) is 13.7. The first kappa shape index (κ1) is 28.2. The van der Waals surface area contributed by atoms with Crippen LogP contribution < -0.4 is 4.74 Å². The summed E-state index contributed by atoms with van der Waals surface area (Å²) < 4.78 is 17.1. The monoisotopic (exact) mass is 529 g/mol. The molecule has 206 valence electrons. The minimum absolute atomic E-state index is 0.122. The molecule has 1 aliphatic rings. The van der Waals surface area contributed by atoms with Crippen LogP contribution in [-0.4, -0.2) is 48.9 Å². The van der Waals surface area contributed by atoms with Gasteiger partial charge in [-0.2, -0.15) is 0 Å². The van der Waals surface area contributed by atoms with E-state index in [2.05, 4.69) is 18.2 Å². The van der Waals surface area contributed by atoms with Crippen LogP contribution in [0.2, 0.25) is 0 Å². The Kier molecular flexibility index (Phi) is 9.28. The summed E-state index contributed by atoms with van der Waals surface area (Å²) in [4.78, 5) is 27.2. The quantitative estimate of drug-likeness (QED) is 0.280. The molecule has 0 aromatic heterocycles. The van der Waals surface area contributed by atoms with Crippen LogP contribution in [0, 0.1) is 0 Å². The third kappa shape index (κ3) is 7.85. The van der Waals surface area contributed by atoms with Crippen LogP contribution in [-0.2, 0) is 9.47 Å². The van der Waals surface area contributed by atoms with Gasteiger partial charge in [-0.25, -0.2) is 9.59 Å². The number of hydrogen-bond acceptors (Lipinski definition) is 5. The molecule has 1 amide bonds. The average Bonchev–Trinajstić information content (AvgIpc) is 2.93. The predicted octanol–water partition coefficient (Wildman–Crippen LogP) is 7.66. The third-order valence-electron chi connectivity index (χ3n) is 6.88. The van der Waals surface area contributed by atoms with Gasteiger partial charge in [0.1, 0.15) is 18.0 Å². The van der Waals surface area contributed by atoms with E-state index < -0.39 is 5.60 Å². The Morgan fingerprint density at radius 3 is 2.31 bits per heavy atom. The number of benzene rings is 3. The Hall–Kier alpha value is -3.80. The molecule has 0 aliphatic heterocycles. The van der Waals surface area contributed by atoms with Gasteiger partial charge in [-0.15, -0.1) is 0 Å². The molecule has 39 heavy (non-hydrogen) atoms. The smallest absolute Gasteiger partial charge is 0.410 e. The number of ether oxygens (including phenoxy) is 3. The van der Waals surface area contributed by atoms with Crippen molar-refractivity contribution in [3.8, 4) is 5.75 Å². The van der Waals surface area contributed by atoms with Gasteiger partial charge >= 0.3 is 12.1 Å². The van der Waals surface area contributed by atoms with Gasteiger partial charge in [-0.05, 0) is 68.3 Å². The van der Waals surface area contributed by atoms with E-state index in [1.165, 1.54) is 13.5 Å². The lowest BCUT2D eigenvalue weighted by atomic mass is 9.94. The highest BCUT2D eigenvalue weighted by molar-refractivity contribution is 5.89. The molecule has 1 fully saturated rings. The predicted molar refractivity (Wildman–Crippen MR) is 155 cm³/mol. The number of nitrogens with zero attached hydrogens (tertiary/aromatic N) is 1. The molecule has 0 heterocycles. The van der Waals surface area contributed by atoms with Crippen molar-refractivity contribution in [3.63, 3.8) is 0 Å². The van der Waals surface area contributed by atoms with E-state index in [-0.39, 0.29) is 18.1 Å². The highest BCUT2D eigenvalue weighted by Gasteiger charge is 2.30. The molecule has 0 bridgehead atoms. The van der Waals surface area contributed by atoms with Crippen LogP contribution >= 0.6 is 0 Å². The minimum Gasteiger partial charge on any atom is -0.489 e. The number of amides is 1. The Morgan fingerprint density at radius 2 is 1.62 bits per heavy atom. The first-order valence-corrected chi connectivity index (χ1v) is 13.7. The molecule has 6 nitrogen and oxygen atoms in total. The molecule has 6 heteroatoms. The number of rotatable bonds is 8. The maximum atomic E-state index is 13.4. The highest BCUT2D eigenvalue weighted by atomic mass is 16.6. The average molecular weight is 530 g/mol. The van der Waals surface area contributed by atoms with Crippen molar-refractivity contribution in [2.24, 2.45) is 0 Å². The maximum absolute atomic E-state index is 13.4. The Bertz CT molecular complexity index is 1290. The van der Waals surface area contributed by atoms with Gasteiger partial charge < -0.3 is 19.1 Å². The van der Waals surface area contributed by atoms with E-state index in [1.54, 1.807) is 12.1 Å². The molecule has 0 N–H and O–H groups in total. The van der Waals surface area contributed by atoms with E-state index in [0.29, 0.717) is 18.7 Å². The van der Waals surface area contributed by atoms with Crippen LogP contribution in [0.15, 0.2) is 72.3 Å². The van der Waals surface area contributed by atoms with Crippen LogP contribution in [0.5, 0.6) is 5.75 Å². The van der Waals surface area contributed by atoms with Crippen LogP contribution in [0.25, 0.3) is 16.8 Å². The third-order valence-corrected chi connectivity index (χ3v) is 6.88. The number of methoxy groups -OCH3 is 1. The fourth-order valence-electron chi connectivity index (χ4n) is 4.97. The lowest BCUT2D eigenvalue weighted by Crippen LogP contribution is -2.45.